The Morgan fingerprint density at radius 2 is 1.18 bits per heavy atom. The first-order valence-electron chi connectivity index (χ1n) is 13.4. The third kappa shape index (κ3) is 5.10. The lowest BCUT2D eigenvalue weighted by atomic mass is 9.94. The van der Waals surface area contributed by atoms with Gasteiger partial charge in [-0.05, 0) is 87.0 Å². The van der Waals surface area contributed by atoms with Crippen LogP contribution in [0.3, 0.4) is 0 Å². The van der Waals surface area contributed by atoms with Crippen molar-refractivity contribution >= 4 is 23.2 Å². The Morgan fingerprint density at radius 3 is 1.57 bits per heavy atom. The zero-order valence-electron chi connectivity index (χ0n) is 22.3. The summed E-state index contributed by atoms with van der Waals surface area (Å²) in [5.41, 5.74) is 4.75. The number of amides is 2. The second kappa shape index (κ2) is 11.0. The van der Waals surface area contributed by atoms with Crippen LogP contribution in [-0.4, -0.2) is 45.3 Å². The monoisotopic (exact) mass is 542 g/mol. The number of hydrogen-bond donors (Lipinski definition) is 4. The summed E-state index contributed by atoms with van der Waals surface area (Å²) in [6, 6.07) is 11.3. The molecule has 6 rings (SSSR count). The predicted molar refractivity (Wildman–Crippen MR) is 146 cm³/mol. The molecule has 2 aromatic heterocycles. The van der Waals surface area contributed by atoms with Gasteiger partial charge in [0.15, 0.2) is 0 Å². The van der Waals surface area contributed by atoms with E-state index in [1.54, 1.807) is 0 Å². The van der Waals surface area contributed by atoms with Crippen LogP contribution in [0.5, 0.6) is 0 Å². The fraction of sp³-hybridized carbons (Fsp3) is 0.357. The predicted octanol–water partition coefficient (Wildman–Crippen LogP) is 4.09. The maximum Gasteiger partial charge on any atom is 0.313 e. The number of carbonyl (C=O) groups is 2. The van der Waals surface area contributed by atoms with E-state index in [0.717, 1.165) is 61.0 Å². The van der Waals surface area contributed by atoms with Gasteiger partial charge < -0.3 is 30.1 Å². The SMILES string of the molecule is Cc1c(NC(=O)c2nnc(C3CCCN3)o2)cccc1-c1cccc(NC(=O)c2nnc(C3CCCN3)o2)c1C. The first kappa shape index (κ1) is 25.8. The third-order valence-electron chi connectivity index (χ3n) is 7.44. The Balaban J connectivity index is 1.19. The van der Waals surface area contributed by atoms with Gasteiger partial charge in [-0.15, -0.1) is 20.4 Å². The first-order chi connectivity index (χ1) is 19.5. The number of hydrogen-bond acceptors (Lipinski definition) is 10. The molecule has 0 bridgehead atoms. The van der Waals surface area contributed by atoms with Gasteiger partial charge in [-0.25, -0.2) is 0 Å². The molecule has 4 heterocycles. The van der Waals surface area contributed by atoms with Gasteiger partial charge in [-0.2, -0.15) is 0 Å². The molecule has 206 valence electrons. The Morgan fingerprint density at radius 1 is 0.725 bits per heavy atom. The van der Waals surface area contributed by atoms with Crippen molar-refractivity contribution in [2.45, 2.75) is 51.6 Å². The van der Waals surface area contributed by atoms with Crippen molar-refractivity contribution in [2.75, 3.05) is 23.7 Å². The molecular weight excluding hydrogens is 512 g/mol. The van der Waals surface area contributed by atoms with Gasteiger partial charge in [0.1, 0.15) is 0 Å². The van der Waals surface area contributed by atoms with Crippen LogP contribution in [0.1, 0.15) is 82.0 Å². The van der Waals surface area contributed by atoms with E-state index in [0.29, 0.717) is 23.2 Å². The number of nitrogens with zero attached hydrogens (tertiary/aromatic N) is 4. The lowest BCUT2D eigenvalue weighted by Crippen LogP contribution is -2.14. The van der Waals surface area contributed by atoms with Crippen molar-refractivity contribution in [1.29, 1.82) is 0 Å². The summed E-state index contributed by atoms with van der Waals surface area (Å²) in [4.78, 5) is 25.8. The van der Waals surface area contributed by atoms with Crippen molar-refractivity contribution in [1.82, 2.24) is 31.0 Å². The van der Waals surface area contributed by atoms with E-state index in [9.17, 15) is 9.59 Å². The molecule has 4 N–H and O–H groups in total. The zero-order chi connectivity index (χ0) is 27.6. The molecule has 2 saturated heterocycles. The van der Waals surface area contributed by atoms with E-state index in [1.807, 2.05) is 50.2 Å². The molecule has 12 heteroatoms. The van der Waals surface area contributed by atoms with Crippen molar-refractivity contribution in [3.05, 3.63) is 71.1 Å². The minimum absolute atomic E-state index is 0.0129. The van der Waals surface area contributed by atoms with Gasteiger partial charge in [-0.1, -0.05) is 24.3 Å². The van der Waals surface area contributed by atoms with Crippen LogP contribution in [0, 0.1) is 13.8 Å². The Bertz CT molecular complexity index is 1430. The van der Waals surface area contributed by atoms with Crippen LogP contribution in [0.2, 0.25) is 0 Å². The van der Waals surface area contributed by atoms with Crippen molar-refractivity contribution in [3.63, 3.8) is 0 Å². The summed E-state index contributed by atoms with van der Waals surface area (Å²) in [6.07, 6.45) is 3.86. The molecule has 2 aliphatic rings. The fourth-order valence-electron chi connectivity index (χ4n) is 5.20. The molecule has 4 aromatic rings. The molecule has 2 amide bonds. The van der Waals surface area contributed by atoms with Crippen LogP contribution in [0.25, 0.3) is 11.1 Å². The standard InChI is InChI=1S/C28H30N8O4/c1-15-17(7-3-9-19(15)31-23(37)27-35-33-25(39-27)21-11-5-13-29-21)18-8-4-10-20(16(18)2)32-24(38)28-36-34-26(40-28)22-12-6-14-30-22/h3-4,7-10,21-22,29-30H,5-6,11-14H2,1-2H3,(H,31,37)(H,32,38). The molecule has 0 aliphatic carbocycles. The molecule has 40 heavy (non-hydrogen) atoms. The summed E-state index contributed by atoms with van der Waals surface area (Å²) >= 11 is 0. The normalized spacial score (nSPS) is 18.6. The lowest BCUT2D eigenvalue weighted by molar-refractivity contribution is 0.0980. The molecular formula is C28H30N8O4. The first-order valence-corrected chi connectivity index (χ1v) is 13.4. The maximum absolute atomic E-state index is 12.9. The van der Waals surface area contributed by atoms with Crippen LogP contribution in [0.4, 0.5) is 11.4 Å². The highest BCUT2D eigenvalue weighted by Gasteiger charge is 2.26. The van der Waals surface area contributed by atoms with Gasteiger partial charge in [0.05, 0.1) is 12.1 Å². The van der Waals surface area contributed by atoms with Gasteiger partial charge in [0, 0.05) is 11.4 Å². The zero-order valence-corrected chi connectivity index (χ0v) is 22.3. The molecule has 0 spiro atoms. The van der Waals surface area contributed by atoms with Gasteiger partial charge in [-0.3, -0.25) is 9.59 Å². The molecule has 12 nitrogen and oxygen atoms in total. The van der Waals surface area contributed by atoms with E-state index < -0.39 is 11.8 Å². The number of anilines is 2. The minimum Gasteiger partial charge on any atom is -0.415 e. The number of rotatable bonds is 7. The smallest absolute Gasteiger partial charge is 0.313 e. The quantitative estimate of drug-likeness (QED) is 0.268. The van der Waals surface area contributed by atoms with E-state index in [-0.39, 0.29) is 23.9 Å². The molecule has 2 atom stereocenters. The summed E-state index contributed by atoms with van der Waals surface area (Å²) in [7, 11) is 0. The van der Waals surface area contributed by atoms with Crippen molar-refractivity contribution in [3.8, 4) is 11.1 Å². The van der Waals surface area contributed by atoms with Gasteiger partial charge in [0.25, 0.3) is 0 Å². The third-order valence-corrected chi connectivity index (χ3v) is 7.44. The molecule has 2 fully saturated rings. The van der Waals surface area contributed by atoms with Crippen LogP contribution in [0.15, 0.2) is 45.2 Å². The number of nitrogens with one attached hydrogen (secondary N) is 4. The highest BCUT2D eigenvalue weighted by Crippen LogP contribution is 2.34. The number of carbonyl (C=O) groups excluding carboxylic acids is 2. The van der Waals surface area contributed by atoms with E-state index in [4.69, 9.17) is 8.83 Å². The van der Waals surface area contributed by atoms with E-state index in [2.05, 4.69) is 41.7 Å². The second-order valence-electron chi connectivity index (χ2n) is 10.1. The topological polar surface area (TPSA) is 160 Å². The van der Waals surface area contributed by atoms with Crippen molar-refractivity contribution < 1.29 is 18.4 Å². The minimum atomic E-state index is -0.471. The Kier molecular flexibility index (Phi) is 7.10. The molecule has 2 aliphatic heterocycles. The number of aromatic nitrogens is 4. The summed E-state index contributed by atoms with van der Waals surface area (Å²) in [5, 5.41) is 28.3. The summed E-state index contributed by atoms with van der Waals surface area (Å²) in [5.74, 6) is -0.253. The van der Waals surface area contributed by atoms with Gasteiger partial charge in [0.2, 0.25) is 11.8 Å². The lowest BCUT2D eigenvalue weighted by Gasteiger charge is -2.16. The Labute approximate surface area is 230 Å². The van der Waals surface area contributed by atoms with Crippen LogP contribution in [-0.2, 0) is 0 Å². The van der Waals surface area contributed by atoms with Crippen LogP contribution < -0.4 is 21.3 Å². The highest BCUT2D eigenvalue weighted by atomic mass is 16.4. The average Bonchev–Trinajstić information content (AvgIpc) is 3.77. The second-order valence-corrected chi connectivity index (χ2v) is 10.1. The Hall–Kier alpha value is -4.42. The molecule has 2 aromatic carbocycles. The van der Waals surface area contributed by atoms with E-state index >= 15 is 0 Å². The maximum atomic E-state index is 12.9. The van der Waals surface area contributed by atoms with E-state index in [1.165, 1.54) is 0 Å². The highest BCUT2D eigenvalue weighted by molar-refractivity contribution is 6.03. The largest absolute Gasteiger partial charge is 0.415 e. The van der Waals surface area contributed by atoms with Crippen LogP contribution >= 0.6 is 0 Å². The summed E-state index contributed by atoms with van der Waals surface area (Å²) < 4.78 is 11.3. The van der Waals surface area contributed by atoms with Crippen molar-refractivity contribution in [2.24, 2.45) is 0 Å². The number of benzene rings is 2. The van der Waals surface area contributed by atoms with Gasteiger partial charge >= 0.3 is 23.6 Å². The molecule has 2 unspecified atom stereocenters. The average molecular weight is 543 g/mol. The fourth-order valence-corrected chi connectivity index (χ4v) is 5.20. The molecule has 0 saturated carbocycles. The summed E-state index contributed by atoms with van der Waals surface area (Å²) in [6.45, 7) is 5.63. The molecule has 0 radical (unpaired) electrons.